The zero-order valence-electron chi connectivity index (χ0n) is 15.7. The minimum Gasteiger partial charge on any atom is -0.357 e. The quantitative estimate of drug-likeness (QED) is 0.553. The minimum absolute atomic E-state index is 0.704. The van der Waals surface area contributed by atoms with Gasteiger partial charge in [-0.3, -0.25) is 0 Å². The second kappa shape index (κ2) is 10.3. The Bertz CT molecular complexity index is 654. The van der Waals surface area contributed by atoms with Crippen molar-refractivity contribution in [3.8, 4) is 0 Å². The largest absolute Gasteiger partial charge is 0.357 e. The Morgan fingerprint density at radius 1 is 1.19 bits per heavy atom. The molecular weight excluding hydrogens is 340 g/mol. The molecule has 1 fully saturated rings. The lowest BCUT2D eigenvalue weighted by Gasteiger charge is -2.17. The van der Waals surface area contributed by atoms with E-state index >= 15 is 0 Å². The summed E-state index contributed by atoms with van der Waals surface area (Å²) in [6, 6.07) is 12.9. The number of thiophene rings is 1. The summed E-state index contributed by atoms with van der Waals surface area (Å²) in [4.78, 5) is 7.29. The Balaban J connectivity index is 1.40. The molecule has 2 heterocycles. The molecule has 0 aliphatic carbocycles. The van der Waals surface area contributed by atoms with Crippen LogP contribution in [0.15, 0.2) is 52.2 Å². The Hall–Kier alpha value is -1.85. The number of rotatable bonds is 8. The zero-order valence-corrected chi connectivity index (χ0v) is 16.5. The molecule has 1 atom stereocenters. The average molecular weight is 371 g/mol. The van der Waals surface area contributed by atoms with Crippen molar-refractivity contribution in [2.45, 2.75) is 26.3 Å². The van der Waals surface area contributed by atoms with Crippen molar-refractivity contribution in [3.63, 3.8) is 0 Å². The molecule has 5 heteroatoms. The van der Waals surface area contributed by atoms with Gasteiger partial charge in [0.25, 0.3) is 0 Å². The molecule has 4 nitrogen and oxygen atoms in total. The predicted molar refractivity (Wildman–Crippen MR) is 112 cm³/mol. The summed E-state index contributed by atoms with van der Waals surface area (Å²) in [5.41, 5.74) is 2.71. The number of benzene rings is 1. The molecule has 1 saturated heterocycles. The van der Waals surface area contributed by atoms with E-state index in [2.05, 4.69) is 69.6 Å². The van der Waals surface area contributed by atoms with Gasteiger partial charge in [0.05, 0.1) is 6.54 Å². The molecule has 3 rings (SSSR count). The van der Waals surface area contributed by atoms with E-state index in [-0.39, 0.29) is 0 Å². The molecular formula is C21H30N4S. The number of nitrogens with one attached hydrogen (secondary N) is 2. The Morgan fingerprint density at radius 2 is 2.08 bits per heavy atom. The van der Waals surface area contributed by atoms with E-state index < -0.39 is 0 Å². The third kappa shape index (κ3) is 6.15. The fraction of sp³-hybridized carbons (Fsp3) is 0.476. The Labute approximate surface area is 161 Å². The number of hydrogen-bond acceptors (Lipinski definition) is 3. The first-order valence-corrected chi connectivity index (χ1v) is 10.6. The first-order valence-electron chi connectivity index (χ1n) is 9.63. The van der Waals surface area contributed by atoms with E-state index in [1.807, 2.05) is 0 Å². The monoisotopic (exact) mass is 370 g/mol. The highest BCUT2D eigenvalue weighted by molar-refractivity contribution is 7.07. The number of guanidine groups is 1. The lowest BCUT2D eigenvalue weighted by Crippen LogP contribution is -2.40. The van der Waals surface area contributed by atoms with Crippen LogP contribution in [0.2, 0.25) is 0 Å². The molecule has 1 aromatic carbocycles. The number of hydrogen-bond donors (Lipinski definition) is 2. The van der Waals surface area contributed by atoms with Gasteiger partial charge in [0.1, 0.15) is 0 Å². The van der Waals surface area contributed by atoms with Crippen molar-refractivity contribution < 1.29 is 0 Å². The first-order chi connectivity index (χ1) is 12.8. The predicted octanol–water partition coefficient (Wildman–Crippen LogP) is 3.37. The number of aliphatic imine (C=N–C) groups is 1. The molecule has 0 spiro atoms. The van der Waals surface area contributed by atoms with E-state index in [9.17, 15) is 0 Å². The molecule has 2 aromatic rings. The van der Waals surface area contributed by atoms with Gasteiger partial charge in [0, 0.05) is 26.2 Å². The molecule has 0 amide bonds. The number of nitrogens with zero attached hydrogens (tertiary/aromatic N) is 2. The summed E-state index contributed by atoms with van der Waals surface area (Å²) >= 11 is 1.73. The molecule has 0 saturated carbocycles. The summed E-state index contributed by atoms with van der Waals surface area (Å²) in [6.07, 6.45) is 2.41. The molecule has 1 aliphatic rings. The molecule has 26 heavy (non-hydrogen) atoms. The summed E-state index contributed by atoms with van der Waals surface area (Å²) in [7, 11) is 0. The molecule has 1 unspecified atom stereocenters. The fourth-order valence-electron chi connectivity index (χ4n) is 3.35. The average Bonchev–Trinajstić information content (AvgIpc) is 3.35. The first kappa shape index (κ1) is 18.9. The van der Waals surface area contributed by atoms with Gasteiger partial charge in [0.2, 0.25) is 0 Å². The lowest BCUT2D eigenvalue weighted by atomic mass is 10.1. The summed E-state index contributed by atoms with van der Waals surface area (Å²) in [5, 5.41) is 11.2. The second-order valence-corrected chi connectivity index (χ2v) is 7.68. The van der Waals surface area contributed by atoms with Crippen molar-refractivity contribution in [2.75, 3.05) is 32.7 Å². The smallest absolute Gasteiger partial charge is 0.191 e. The van der Waals surface area contributed by atoms with Crippen LogP contribution < -0.4 is 10.6 Å². The van der Waals surface area contributed by atoms with Crippen LogP contribution in [0.4, 0.5) is 0 Å². The maximum Gasteiger partial charge on any atom is 0.191 e. The highest BCUT2D eigenvalue weighted by Crippen LogP contribution is 2.16. The van der Waals surface area contributed by atoms with Crippen LogP contribution in [0.1, 0.15) is 24.5 Å². The molecule has 0 bridgehead atoms. The fourth-order valence-corrected chi connectivity index (χ4v) is 4.01. The van der Waals surface area contributed by atoms with Crippen molar-refractivity contribution in [1.29, 1.82) is 0 Å². The maximum absolute atomic E-state index is 4.70. The standard InChI is InChI=1S/C21H30N4S/c1-2-22-21(24-15-20-10-13-26-17-20)23-14-19-9-12-25(16-19)11-8-18-6-4-3-5-7-18/h3-7,10,13,17,19H,2,8-9,11-12,14-16H2,1H3,(H2,22,23,24). The minimum atomic E-state index is 0.704. The summed E-state index contributed by atoms with van der Waals surface area (Å²) in [5.74, 6) is 1.64. The van der Waals surface area contributed by atoms with Gasteiger partial charge >= 0.3 is 0 Å². The van der Waals surface area contributed by atoms with Crippen molar-refractivity contribution in [1.82, 2.24) is 15.5 Å². The van der Waals surface area contributed by atoms with Gasteiger partial charge in [-0.05, 0) is 60.2 Å². The second-order valence-electron chi connectivity index (χ2n) is 6.90. The van der Waals surface area contributed by atoms with E-state index in [0.29, 0.717) is 5.92 Å². The summed E-state index contributed by atoms with van der Waals surface area (Å²) < 4.78 is 0. The van der Waals surface area contributed by atoms with Crippen LogP contribution in [-0.4, -0.2) is 43.6 Å². The maximum atomic E-state index is 4.70. The van der Waals surface area contributed by atoms with E-state index in [1.54, 1.807) is 11.3 Å². The van der Waals surface area contributed by atoms with Crippen molar-refractivity contribution in [2.24, 2.45) is 10.9 Å². The van der Waals surface area contributed by atoms with Crippen LogP contribution in [0, 0.1) is 5.92 Å². The number of likely N-dealkylation sites (tertiary alicyclic amines) is 1. The van der Waals surface area contributed by atoms with Crippen LogP contribution >= 0.6 is 11.3 Å². The van der Waals surface area contributed by atoms with E-state index in [4.69, 9.17) is 4.99 Å². The SMILES string of the molecule is CCNC(=NCc1ccsc1)NCC1CCN(CCc2ccccc2)C1. The van der Waals surface area contributed by atoms with Gasteiger partial charge in [-0.15, -0.1) is 0 Å². The molecule has 1 aliphatic heterocycles. The van der Waals surface area contributed by atoms with Gasteiger partial charge in [-0.25, -0.2) is 4.99 Å². The topological polar surface area (TPSA) is 39.7 Å². The van der Waals surface area contributed by atoms with Crippen LogP contribution in [0.25, 0.3) is 0 Å². The molecule has 2 N–H and O–H groups in total. The van der Waals surface area contributed by atoms with Crippen LogP contribution in [-0.2, 0) is 13.0 Å². The van der Waals surface area contributed by atoms with E-state index in [1.165, 1.54) is 30.6 Å². The van der Waals surface area contributed by atoms with Gasteiger partial charge in [-0.1, -0.05) is 30.3 Å². The molecule has 140 valence electrons. The highest BCUT2D eigenvalue weighted by Gasteiger charge is 2.22. The third-order valence-electron chi connectivity index (χ3n) is 4.83. The lowest BCUT2D eigenvalue weighted by molar-refractivity contribution is 0.328. The Morgan fingerprint density at radius 3 is 2.85 bits per heavy atom. The highest BCUT2D eigenvalue weighted by atomic mass is 32.1. The van der Waals surface area contributed by atoms with Crippen molar-refractivity contribution in [3.05, 3.63) is 58.3 Å². The normalized spacial score (nSPS) is 18.2. The van der Waals surface area contributed by atoms with Gasteiger partial charge in [0.15, 0.2) is 5.96 Å². The molecule has 0 radical (unpaired) electrons. The summed E-state index contributed by atoms with van der Waals surface area (Å²) in [6.45, 7) is 8.30. The van der Waals surface area contributed by atoms with E-state index in [0.717, 1.165) is 38.6 Å². The van der Waals surface area contributed by atoms with Gasteiger partial charge < -0.3 is 15.5 Å². The van der Waals surface area contributed by atoms with Crippen molar-refractivity contribution >= 4 is 17.3 Å². The van der Waals surface area contributed by atoms with Gasteiger partial charge in [-0.2, -0.15) is 11.3 Å². The molecule has 1 aromatic heterocycles. The zero-order chi connectivity index (χ0) is 18.0. The third-order valence-corrected chi connectivity index (χ3v) is 5.56. The Kier molecular flexibility index (Phi) is 7.52. The van der Waals surface area contributed by atoms with Crippen LogP contribution in [0.5, 0.6) is 0 Å². The van der Waals surface area contributed by atoms with Crippen LogP contribution in [0.3, 0.4) is 0 Å².